The summed E-state index contributed by atoms with van der Waals surface area (Å²) in [6, 6.07) is 0.392. The van der Waals surface area contributed by atoms with E-state index in [9.17, 15) is 35.9 Å². The maximum atomic E-state index is 13.1. The zero-order valence-electron chi connectivity index (χ0n) is 19.3. The fourth-order valence-corrected chi connectivity index (χ4v) is 4.22. The van der Waals surface area contributed by atoms with Crippen LogP contribution in [-0.4, -0.2) is 83.0 Å². The standard InChI is InChI=1S/C21H23F6N7O3/c22-20(23,24)13-9-28-19(29-10-13)33-6-4-32(5-7-33)17(35)12-37-11-14-2-1-3-34(14)16-8-15(21(25,26)27)18(36)31-30-16/h8-10,14H,1-7,11-12H2,(H,31,36)/t14-/m0/s1. The van der Waals surface area contributed by atoms with Gasteiger partial charge in [0.05, 0.1) is 18.2 Å². The second-order valence-corrected chi connectivity index (χ2v) is 8.61. The van der Waals surface area contributed by atoms with Crippen LogP contribution in [0.5, 0.6) is 0 Å². The number of hydrogen-bond acceptors (Lipinski definition) is 8. The largest absolute Gasteiger partial charge is 0.421 e. The first kappa shape index (κ1) is 26.6. The molecule has 10 nitrogen and oxygen atoms in total. The summed E-state index contributed by atoms with van der Waals surface area (Å²) in [5.74, 6) is -0.174. The topological polar surface area (TPSA) is 108 Å². The molecule has 2 aromatic rings. The molecule has 0 radical (unpaired) electrons. The van der Waals surface area contributed by atoms with Crippen LogP contribution in [0.4, 0.5) is 38.1 Å². The summed E-state index contributed by atoms with van der Waals surface area (Å²) in [6.07, 6.45) is -6.62. The quantitative estimate of drug-likeness (QED) is 0.560. The van der Waals surface area contributed by atoms with Gasteiger partial charge in [-0.25, -0.2) is 15.1 Å². The van der Waals surface area contributed by atoms with E-state index in [0.29, 0.717) is 64.0 Å². The first-order chi connectivity index (χ1) is 17.4. The number of H-pyrrole nitrogens is 1. The molecule has 202 valence electrons. The van der Waals surface area contributed by atoms with Gasteiger partial charge >= 0.3 is 12.4 Å². The number of piperazine rings is 1. The highest BCUT2D eigenvalue weighted by atomic mass is 19.4. The van der Waals surface area contributed by atoms with E-state index < -0.39 is 29.0 Å². The highest BCUT2D eigenvalue weighted by molar-refractivity contribution is 5.77. The van der Waals surface area contributed by atoms with Crippen molar-refractivity contribution in [3.05, 3.63) is 39.9 Å². The summed E-state index contributed by atoms with van der Waals surface area (Å²) in [6.45, 7) is 1.50. The second kappa shape index (κ2) is 10.5. The number of aromatic amines is 1. The van der Waals surface area contributed by atoms with Crippen molar-refractivity contribution in [3.63, 3.8) is 0 Å². The number of rotatable bonds is 6. The Kier molecular flexibility index (Phi) is 7.57. The third-order valence-electron chi connectivity index (χ3n) is 6.18. The van der Waals surface area contributed by atoms with Crippen molar-refractivity contribution in [2.75, 3.05) is 55.7 Å². The van der Waals surface area contributed by atoms with E-state index in [2.05, 4.69) is 15.1 Å². The fourth-order valence-electron chi connectivity index (χ4n) is 4.22. The van der Waals surface area contributed by atoms with Gasteiger partial charge in [-0.2, -0.15) is 31.4 Å². The lowest BCUT2D eigenvalue weighted by atomic mass is 10.2. The molecule has 2 fully saturated rings. The van der Waals surface area contributed by atoms with E-state index in [1.165, 1.54) is 0 Å². The molecule has 4 rings (SSSR count). The van der Waals surface area contributed by atoms with Crippen LogP contribution >= 0.6 is 0 Å². The van der Waals surface area contributed by atoms with E-state index in [1.807, 2.05) is 5.10 Å². The monoisotopic (exact) mass is 535 g/mol. The fraction of sp³-hybridized carbons (Fsp3) is 0.571. The Balaban J connectivity index is 1.26. The van der Waals surface area contributed by atoms with Gasteiger partial charge in [-0.1, -0.05) is 0 Å². The van der Waals surface area contributed by atoms with Crippen LogP contribution in [0.15, 0.2) is 23.3 Å². The molecule has 1 N–H and O–H groups in total. The Morgan fingerprint density at radius 1 is 1.03 bits per heavy atom. The van der Waals surface area contributed by atoms with Crippen LogP contribution in [0.1, 0.15) is 24.0 Å². The summed E-state index contributed by atoms with van der Waals surface area (Å²) >= 11 is 0. The molecule has 0 aliphatic carbocycles. The van der Waals surface area contributed by atoms with E-state index in [4.69, 9.17) is 4.74 Å². The number of ether oxygens (including phenoxy) is 1. The molecule has 16 heteroatoms. The number of halogens is 6. The van der Waals surface area contributed by atoms with Gasteiger partial charge in [-0.15, -0.1) is 0 Å². The SMILES string of the molecule is O=C(COC[C@@H]1CCCN1c1cc(C(F)(F)F)c(=O)[nH]n1)N1CCN(c2ncc(C(F)(F)F)cn2)CC1. The molecular formula is C21H23F6N7O3. The van der Waals surface area contributed by atoms with Crippen molar-refractivity contribution in [2.45, 2.75) is 31.2 Å². The van der Waals surface area contributed by atoms with Crippen LogP contribution < -0.4 is 15.4 Å². The van der Waals surface area contributed by atoms with Gasteiger partial charge in [0.15, 0.2) is 0 Å². The molecule has 0 aromatic carbocycles. The Hall–Kier alpha value is -3.43. The number of aromatic nitrogens is 4. The summed E-state index contributed by atoms with van der Waals surface area (Å²) in [7, 11) is 0. The number of alkyl halides is 6. The van der Waals surface area contributed by atoms with Gasteiger partial charge in [0.25, 0.3) is 5.56 Å². The molecule has 37 heavy (non-hydrogen) atoms. The normalized spacial score (nSPS) is 19.0. The Morgan fingerprint density at radius 2 is 1.70 bits per heavy atom. The molecule has 0 spiro atoms. The Bertz CT molecular complexity index is 1150. The van der Waals surface area contributed by atoms with Crippen molar-refractivity contribution in [3.8, 4) is 0 Å². The van der Waals surface area contributed by atoms with Crippen LogP contribution in [-0.2, 0) is 21.9 Å². The van der Waals surface area contributed by atoms with Crippen LogP contribution in [0, 0.1) is 0 Å². The van der Waals surface area contributed by atoms with Crippen molar-refractivity contribution < 1.29 is 35.9 Å². The third kappa shape index (κ3) is 6.29. The Morgan fingerprint density at radius 3 is 2.32 bits per heavy atom. The number of hydrogen-bond donors (Lipinski definition) is 1. The maximum absolute atomic E-state index is 13.1. The minimum Gasteiger partial charge on any atom is -0.369 e. The maximum Gasteiger partial charge on any atom is 0.421 e. The van der Waals surface area contributed by atoms with Gasteiger partial charge in [-0.3, -0.25) is 9.59 Å². The van der Waals surface area contributed by atoms with Gasteiger partial charge < -0.3 is 19.4 Å². The lowest BCUT2D eigenvalue weighted by Crippen LogP contribution is -2.50. The third-order valence-corrected chi connectivity index (χ3v) is 6.18. The minimum atomic E-state index is -4.81. The summed E-state index contributed by atoms with van der Waals surface area (Å²) < 4.78 is 82.8. The molecule has 0 saturated carbocycles. The number of carbonyl (C=O) groups excluding carboxylic acids is 1. The van der Waals surface area contributed by atoms with Crippen molar-refractivity contribution >= 4 is 17.7 Å². The lowest BCUT2D eigenvalue weighted by molar-refractivity contribution is -0.139. The van der Waals surface area contributed by atoms with Gasteiger partial charge in [0.2, 0.25) is 11.9 Å². The van der Waals surface area contributed by atoms with Crippen LogP contribution in [0.2, 0.25) is 0 Å². The molecule has 0 bridgehead atoms. The summed E-state index contributed by atoms with van der Waals surface area (Å²) in [5, 5.41) is 5.62. The summed E-state index contributed by atoms with van der Waals surface area (Å²) in [4.78, 5) is 36.4. The molecule has 2 aliphatic rings. The van der Waals surface area contributed by atoms with Crippen molar-refractivity contribution in [1.29, 1.82) is 0 Å². The lowest BCUT2D eigenvalue weighted by Gasteiger charge is -2.34. The minimum absolute atomic E-state index is 0.0223. The van der Waals surface area contributed by atoms with Crippen LogP contribution in [0.25, 0.3) is 0 Å². The zero-order valence-corrected chi connectivity index (χ0v) is 19.3. The van der Waals surface area contributed by atoms with Crippen molar-refractivity contribution in [2.24, 2.45) is 0 Å². The second-order valence-electron chi connectivity index (χ2n) is 8.61. The molecule has 1 amide bonds. The highest BCUT2D eigenvalue weighted by Crippen LogP contribution is 2.30. The van der Waals surface area contributed by atoms with Crippen molar-refractivity contribution in [1.82, 2.24) is 25.1 Å². The van der Waals surface area contributed by atoms with E-state index in [-0.39, 0.29) is 36.9 Å². The molecule has 1 atom stereocenters. The predicted octanol–water partition coefficient (Wildman–Crippen LogP) is 1.93. The molecule has 2 aliphatic heterocycles. The molecule has 0 unspecified atom stereocenters. The highest BCUT2D eigenvalue weighted by Gasteiger charge is 2.36. The first-order valence-corrected chi connectivity index (χ1v) is 11.4. The zero-order chi connectivity index (χ0) is 26.8. The summed E-state index contributed by atoms with van der Waals surface area (Å²) in [5.41, 5.74) is -3.60. The number of anilines is 2. The molecule has 4 heterocycles. The van der Waals surface area contributed by atoms with E-state index >= 15 is 0 Å². The molecular weight excluding hydrogens is 512 g/mol. The van der Waals surface area contributed by atoms with E-state index in [0.717, 1.165) is 0 Å². The number of carbonyl (C=O) groups is 1. The number of amides is 1. The first-order valence-electron chi connectivity index (χ1n) is 11.4. The number of nitrogens with zero attached hydrogens (tertiary/aromatic N) is 6. The smallest absolute Gasteiger partial charge is 0.369 e. The molecule has 2 aromatic heterocycles. The van der Waals surface area contributed by atoms with E-state index in [1.54, 1.807) is 14.7 Å². The van der Waals surface area contributed by atoms with Gasteiger partial charge in [-0.05, 0) is 12.8 Å². The van der Waals surface area contributed by atoms with Crippen LogP contribution in [0.3, 0.4) is 0 Å². The Labute approximate surface area is 206 Å². The van der Waals surface area contributed by atoms with Gasteiger partial charge in [0, 0.05) is 51.2 Å². The molecule has 2 saturated heterocycles. The number of nitrogens with one attached hydrogen (secondary N) is 1. The average Bonchev–Trinajstić information content (AvgIpc) is 3.32. The van der Waals surface area contributed by atoms with Gasteiger partial charge in [0.1, 0.15) is 18.0 Å². The average molecular weight is 535 g/mol. The predicted molar refractivity (Wildman–Crippen MR) is 117 cm³/mol.